The third-order valence-electron chi connectivity index (χ3n) is 2.59. The Balaban J connectivity index is 1.96. The third kappa shape index (κ3) is 4.16. The minimum absolute atomic E-state index is 0.0540. The van der Waals surface area contributed by atoms with E-state index in [0.717, 1.165) is 11.6 Å². The van der Waals surface area contributed by atoms with Gasteiger partial charge >= 0.3 is 6.03 Å². The number of nitrogens with one attached hydrogen (secondary N) is 2. The monoisotopic (exact) mass is 304 g/mol. The summed E-state index contributed by atoms with van der Waals surface area (Å²) in [6.07, 6.45) is 1.54. The number of carbonyl (C=O) groups excluding carboxylic acids is 1. The zero-order chi connectivity index (χ0) is 15.2. The average molecular weight is 305 g/mol. The van der Waals surface area contributed by atoms with Gasteiger partial charge in [0.1, 0.15) is 17.0 Å². The van der Waals surface area contributed by atoms with Gasteiger partial charge in [0, 0.05) is 12.7 Å². The molecule has 0 saturated heterocycles. The molecule has 2 rings (SSSR count). The number of hydrogen-bond donors (Lipinski definition) is 2. The van der Waals surface area contributed by atoms with Gasteiger partial charge in [-0.05, 0) is 29.8 Å². The normalized spacial score (nSPS) is 9.76. The van der Waals surface area contributed by atoms with Gasteiger partial charge in [-0.15, -0.1) is 0 Å². The molecule has 1 aromatic carbocycles. The molecule has 0 spiro atoms. The molecule has 2 aromatic rings. The fourth-order valence-electron chi connectivity index (χ4n) is 1.58. The minimum atomic E-state index is -0.537. The molecule has 1 heterocycles. The van der Waals surface area contributed by atoms with Gasteiger partial charge in [-0.25, -0.2) is 14.2 Å². The highest BCUT2D eigenvalue weighted by Crippen LogP contribution is 2.15. The van der Waals surface area contributed by atoms with E-state index in [2.05, 4.69) is 15.6 Å². The second kappa shape index (κ2) is 6.68. The number of rotatable bonds is 3. The van der Waals surface area contributed by atoms with Crippen LogP contribution in [0.15, 0.2) is 36.5 Å². The molecule has 0 bridgehead atoms. The Kier molecular flexibility index (Phi) is 4.69. The number of nitrogens with zero attached hydrogens (tertiary/aromatic N) is 2. The number of urea groups is 1. The number of nitriles is 1. The molecule has 0 saturated carbocycles. The first kappa shape index (κ1) is 14.8. The molecule has 0 aliphatic rings. The van der Waals surface area contributed by atoms with Gasteiger partial charge in [0.25, 0.3) is 0 Å². The number of amides is 2. The Hall–Kier alpha value is -2.65. The molecule has 7 heteroatoms. The Bertz CT molecular complexity index is 697. The summed E-state index contributed by atoms with van der Waals surface area (Å²) >= 11 is 5.66. The second-order valence-corrected chi connectivity index (χ2v) is 4.49. The SMILES string of the molecule is N#Cc1cc(F)ccc1NC(=O)NCc1ccc(Cl)nc1. The van der Waals surface area contributed by atoms with E-state index in [4.69, 9.17) is 16.9 Å². The maximum atomic E-state index is 13.0. The molecule has 0 aliphatic carbocycles. The van der Waals surface area contributed by atoms with Crippen molar-refractivity contribution in [2.75, 3.05) is 5.32 Å². The van der Waals surface area contributed by atoms with Crippen molar-refractivity contribution < 1.29 is 9.18 Å². The quantitative estimate of drug-likeness (QED) is 0.855. The predicted molar refractivity (Wildman–Crippen MR) is 76.2 cm³/mol. The van der Waals surface area contributed by atoms with Gasteiger partial charge < -0.3 is 10.6 Å². The Morgan fingerprint density at radius 3 is 2.86 bits per heavy atom. The van der Waals surface area contributed by atoms with Crippen molar-refractivity contribution in [3.05, 3.63) is 58.6 Å². The van der Waals surface area contributed by atoms with Gasteiger partial charge in [0.2, 0.25) is 0 Å². The van der Waals surface area contributed by atoms with Gasteiger partial charge in [-0.3, -0.25) is 0 Å². The molecule has 106 valence electrons. The van der Waals surface area contributed by atoms with Gasteiger partial charge in [0.05, 0.1) is 11.3 Å². The summed E-state index contributed by atoms with van der Waals surface area (Å²) in [6.45, 7) is 0.249. The van der Waals surface area contributed by atoms with Crippen LogP contribution in [0.3, 0.4) is 0 Å². The van der Waals surface area contributed by atoms with E-state index < -0.39 is 11.8 Å². The Morgan fingerprint density at radius 2 is 2.19 bits per heavy atom. The van der Waals surface area contributed by atoms with Crippen LogP contribution in [-0.2, 0) is 6.54 Å². The summed E-state index contributed by atoms with van der Waals surface area (Å²) in [7, 11) is 0. The molecule has 0 unspecified atom stereocenters. The molecule has 0 aliphatic heterocycles. The topological polar surface area (TPSA) is 77.8 Å². The average Bonchev–Trinajstić information content (AvgIpc) is 2.48. The largest absolute Gasteiger partial charge is 0.334 e. The van der Waals surface area contributed by atoms with Crippen LogP contribution in [0, 0.1) is 17.1 Å². The van der Waals surface area contributed by atoms with Crippen molar-refractivity contribution in [2.24, 2.45) is 0 Å². The minimum Gasteiger partial charge on any atom is -0.334 e. The molecular formula is C14H10ClFN4O. The number of halogens is 2. The van der Waals surface area contributed by atoms with Crippen molar-refractivity contribution in [1.29, 1.82) is 5.26 Å². The maximum absolute atomic E-state index is 13.0. The highest BCUT2D eigenvalue weighted by Gasteiger charge is 2.07. The molecule has 0 fully saturated rings. The zero-order valence-corrected chi connectivity index (χ0v) is 11.5. The van der Waals surface area contributed by atoms with E-state index in [1.54, 1.807) is 18.3 Å². The molecular weight excluding hydrogens is 295 g/mol. The Morgan fingerprint density at radius 1 is 1.38 bits per heavy atom. The molecule has 21 heavy (non-hydrogen) atoms. The van der Waals surface area contributed by atoms with Gasteiger partial charge in [0.15, 0.2) is 0 Å². The number of pyridine rings is 1. The van der Waals surface area contributed by atoms with Crippen LogP contribution >= 0.6 is 11.6 Å². The summed E-state index contributed by atoms with van der Waals surface area (Å²) in [4.78, 5) is 15.6. The summed E-state index contributed by atoms with van der Waals surface area (Å²) in [5, 5.41) is 14.3. The second-order valence-electron chi connectivity index (χ2n) is 4.10. The lowest BCUT2D eigenvalue weighted by atomic mass is 10.2. The molecule has 2 N–H and O–H groups in total. The highest BCUT2D eigenvalue weighted by atomic mass is 35.5. The lowest BCUT2D eigenvalue weighted by Gasteiger charge is -2.09. The number of benzene rings is 1. The van der Waals surface area contributed by atoms with E-state index >= 15 is 0 Å². The zero-order valence-electron chi connectivity index (χ0n) is 10.7. The first-order valence-electron chi connectivity index (χ1n) is 5.93. The number of hydrogen-bond acceptors (Lipinski definition) is 3. The number of anilines is 1. The fourth-order valence-corrected chi connectivity index (χ4v) is 1.69. The van der Waals surface area contributed by atoms with E-state index in [9.17, 15) is 9.18 Å². The van der Waals surface area contributed by atoms with Crippen molar-refractivity contribution in [1.82, 2.24) is 10.3 Å². The first-order chi connectivity index (χ1) is 10.1. The van der Waals surface area contributed by atoms with Crippen LogP contribution in [0.4, 0.5) is 14.9 Å². The summed E-state index contributed by atoms with van der Waals surface area (Å²) in [5.41, 5.74) is 1.07. The van der Waals surface area contributed by atoms with Gasteiger partial charge in [-0.1, -0.05) is 17.7 Å². The number of aromatic nitrogens is 1. The molecule has 5 nitrogen and oxygen atoms in total. The van der Waals surface area contributed by atoms with Crippen LogP contribution in [0.25, 0.3) is 0 Å². The smallest absolute Gasteiger partial charge is 0.319 e. The lowest BCUT2D eigenvalue weighted by molar-refractivity contribution is 0.251. The van der Waals surface area contributed by atoms with E-state index in [1.807, 2.05) is 6.07 Å². The van der Waals surface area contributed by atoms with Crippen LogP contribution in [0.1, 0.15) is 11.1 Å². The first-order valence-corrected chi connectivity index (χ1v) is 6.31. The van der Waals surface area contributed by atoms with E-state index in [-0.39, 0.29) is 17.8 Å². The van der Waals surface area contributed by atoms with Crippen molar-refractivity contribution in [3.8, 4) is 6.07 Å². The molecule has 2 amide bonds. The van der Waals surface area contributed by atoms with Crippen LogP contribution in [-0.4, -0.2) is 11.0 Å². The fraction of sp³-hybridized carbons (Fsp3) is 0.0714. The lowest BCUT2D eigenvalue weighted by Crippen LogP contribution is -2.28. The summed E-state index contributed by atoms with van der Waals surface area (Å²) < 4.78 is 13.0. The van der Waals surface area contributed by atoms with Crippen LogP contribution < -0.4 is 10.6 Å². The van der Waals surface area contributed by atoms with E-state index in [0.29, 0.717) is 5.15 Å². The standard InChI is InChI=1S/C14H10ClFN4O/c15-13-4-1-9(7-18-13)8-19-14(21)20-12-3-2-11(16)5-10(12)6-17/h1-5,7H,8H2,(H2,19,20,21). The molecule has 1 aromatic heterocycles. The third-order valence-corrected chi connectivity index (χ3v) is 2.82. The molecule has 0 atom stereocenters. The van der Waals surface area contributed by atoms with Crippen LogP contribution in [0.2, 0.25) is 5.15 Å². The van der Waals surface area contributed by atoms with Crippen molar-refractivity contribution in [2.45, 2.75) is 6.54 Å². The van der Waals surface area contributed by atoms with Crippen molar-refractivity contribution >= 4 is 23.3 Å². The predicted octanol–water partition coefficient (Wildman–Crippen LogP) is 3.07. The van der Waals surface area contributed by atoms with Crippen LogP contribution in [0.5, 0.6) is 0 Å². The van der Waals surface area contributed by atoms with Gasteiger partial charge in [-0.2, -0.15) is 5.26 Å². The van der Waals surface area contributed by atoms with Crippen molar-refractivity contribution in [3.63, 3.8) is 0 Å². The number of carbonyl (C=O) groups is 1. The highest BCUT2D eigenvalue weighted by molar-refractivity contribution is 6.29. The summed E-state index contributed by atoms with van der Waals surface area (Å²) in [5.74, 6) is -0.537. The molecule has 0 radical (unpaired) electrons. The Labute approximate surface area is 125 Å². The summed E-state index contributed by atoms with van der Waals surface area (Å²) in [6, 6.07) is 8.21. The van der Waals surface area contributed by atoms with E-state index in [1.165, 1.54) is 12.1 Å². The maximum Gasteiger partial charge on any atom is 0.319 e.